The van der Waals surface area contributed by atoms with Crippen LogP contribution in [0.2, 0.25) is 0 Å². The van der Waals surface area contributed by atoms with E-state index in [2.05, 4.69) is 36.6 Å². The fraction of sp³-hybridized carbons (Fsp3) is 0.259. The van der Waals surface area contributed by atoms with Gasteiger partial charge in [-0.15, -0.1) is 0 Å². The lowest BCUT2D eigenvalue weighted by atomic mass is 10.1. The molecule has 0 spiro atoms. The second kappa shape index (κ2) is 12.6. The highest BCUT2D eigenvalue weighted by atomic mass is 32.1. The summed E-state index contributed by atoms with van der Waals surface area (Å²) in [4.78, 5) is 12.8. The number of para-hydroxylation sites is 1. The molecule has 0 aliphatic carbocycles. The first-order chi connectivity index (χ1) is 16.0. The number of hydrogen-bond acceptors (Lipinski definition) is 4. The molecule has 3 aromatic carbocycles. The molecular weight excluding hydrogens is 432 g/mol. The molecule has 172 valence electrons. The molecular formula is C27H30N2O3S. The van der Waals surface area contributed by atoms with Crippen molar-refractivity contribution < 1.29 is 14.3 Å². The second-order valence-electron chi connectivity index (χ2n) is 8.05. The maximum absolute atomic E-state index is 12.8. The summed E-state index contributed by atoms with van der Waals surface area (Å²) in [5.41, 5.74) is 2.36. The largest absolute Gasteiger partial charge is 0.494 e. The Kier molecular flexibility index (Phi) is 9.27. The maximum atomic E-state index is 12.8. The van der Waals surface area contributed by atoms with Crippen molar-refractivity contribution in [3.63, 3.8) is 0 Å². The lowest BCUT2D eigenvalue weighted by molar-refractivity contribution is 0.0974. The molecule has 0 radical (unpaired) electrons. The summed E-state index contributed by atoms with van der Waals surface area (Å²) in [6.45, 7) is 5.45. The topological polar surface area (TPSA) is 59.6 Å². The molecule has 0 aliphatic rings. The molecule has 0 heterocycles. The zero-order chi connectivity index (χ0) is 23.5. The molecule has 0 bridgehead atoms. The molecule has 33 heavy (non-hydrogen) atoms. The summed E-state index contributed by atoms with van der Waals surface area (Å²) in [5.74, 6) is 1.53. The van der Waals surface area contributed by atoms with Crippen molar-refractivity contribution in [1.29, 1.82) is 0 Å². The van der Waals surface area contributed by atoms with Crippen LogP contribution < -0.4 is 20.1 Å². The van der Waals surface area contributed by atoms with Crippen LogP contribution in [0.3, 0.4) is 0 Å². The van der Waals surface area contributed by atoms with E-state index in [1.807, 2.05) is 48.5 Å². The molecule has 0 unspecified atom stereocenters. The number of anilines is 1. The number of ether oxygens (including phenoxy) is 2. The standard InChI is InChI=1S/C27H30N2O3S/c1-20(2)15-17-31-23-12-8-11-22(19-23)28-27(33)29-26(30)24-13-6-7-14-25(24)32-18-16-21-9-4-3-5-10-21/h3-14,19-20H,15-18H2,1-2H3,(H2,28,29,30,33). The molecule has 0 aliphatic heterocycles. The van der Waals surface area contributed by atoms with Crippen molar-refractivity contribution >= 4 is 28.9 Å². The van der Waals surface area contributed by atoms with Gasteiger partial charge in [-0.2, -0.15) is 0 Å². The highest BCUT2D eigenvalue weighted by Crippen LogP contribution is 2.20. The Morgan fingerprint density at radius 3 is 2.45 bits per heavy atom. The number of amides is 1. The van der Waals surface area contributed by atoms with E-state index < -0.39 is 0 Å². The molecule has 0 saturated carbocycles. The van der Waals surface area contributed by atoms with Crippen molar-refractivity contribution in [2.45, 2.75) is 26.7 Å². The molecule has 5 nitrogen and oxygen atoms in total. The summed E-state index contributed by atoms with van der Waals surface area (Å²) in [7, 11) is 0. The monoisotopic (exact) mass is 462 g/mol. The first-order valence-corrected chi connectivity index (χ1v) is 11.5. The highest BCUT2D eigenvalue weighted by Gasteiger charge is 2.14. The van der Waals surface area contributed by atoms with Crippen LogP contribution in [0.4, 0.5) is 5.69 Å². The Balaban J connectivity index is 1.54. The van der Waals surface area contributed by atoms with Gasteiger partial charge in [0.2, 0.25) is 0 Å². The third-order valence-electron chi connectivity index (χ3n) is 4.91. The Morgan fingerprint density at radius 2 is 1.67 bits per heavy atom. The minimum atomic E-state index is -0.327. The van der Waals surface area contributed by atoms with E-state index in [1.54, 1.807) is 18.2 Å². The highest BCUT2D eigenvalue weighted by molar-refractivity contribution is 7.80. The molecule has 0 atom stereocenters. The van der Waals surface area contributed by atoms with Crippen molar-refractivity contribution in [2.75, 3.05) is 18.5 Å². The lowest BCUT2D eigenvalue weighted by Gasteiger charge is -2.14. The van der Waals surface area contributed by atoms with Crippen molar-refractivity contribution in [3.05, 3.63) is 90.0 Å². The minimum Gasteiger partial charge on any atom is -0.494 e. The number of hydrogen-bond donors (Lipinski definition) is 2. The SMILES string of the molecule is CC(C)CCOc1cccc(NC(=S)NC(=O)c2ccccc2OCCc2ccccc2)c1. The molecule has 0 saturated heterocycles. The smallest absolute Gasteiger partial charge is 0.261 e. The van der Waals surface area contributed by atoms with E-state index >= 15 is 0 Å². The van der Waals surface area contributed by atoms with Crippen LogP contribution in [-0.2, 0) is 6.42 Å². The first-order valence-electron chi connectivity index (χ1n) is 11.1. The fourth-order valence-electron chi connectivity index (χ4n) is 3.11. The van der Waals surface area contributed by atoms with E-state index in [9.17, 15) is 4.79 Å². The van der Waals surface area contributed by atoms with Gasteiger partial charge in [0, 0.05) is 18.2 Å². The van der Waals surface area contributed by atoms with Gasteiger partial charge in [0.05, 0.1) is 18.8 Å². The van der Waals surface area contributed by atoms with Crippen molar-refractivity contribution in [3.8, 4) is 11.5 Å². The molecule has 1 amide bonds. The van der Waals surface area contributed by atoms with Gasteiger partial charge in [-0.1, -0.05) is 62.4 Å². The predicted octanol–water partition coefficient (Wildman–Crippen LogP) is 5.86. The summed E-state index contributed by atoms with van der Waals surface area (Å²) in [5, 5.41) is 5.98. The zero-order valence-corrected chi connectivity index (χ0v) is 19.9. The second-order valence-corrected chi connectivity index (χ2v) is 8.46. The van der Waals surface area contributed by atoms with E-state index in [1.165, 1.54) is 5.56 Å². The Hall–Kier alpha value is -3.38. The number of thiocarbonyl (C=S) groups is 1. The van der Waals surface area contributed by atoms with Gasteiger partial charge in [0.15, 0.2) is 5.11 Å². The Bertz CT molecular complexity index is 1050. The van der Waals surface area contributed by atoms with E-state index in [-0.39, 0.29) is 11.0 Å². The summed E-state index contributed by atoms with van der Waals surface area (Å²) >= 11 is 5.35. The molecule has 2 N–H and O–H groups in total. The van der Waals surface area contributed by atoms with Crippen LogP contribution in [-0.4, -0.2) is 24.2 Å². The van der Waals surface area contributed by atoms with Gasteiger partial charge in [-0.25, -0.2) is 0 Å². The summed E-state index contributed by atoms with van der Waals surface area (Å²) < 4.78 is 11.7. The third-order valence-corrected chi connectivity index (χ3v) is 5.11. The Labute approximate surface area is 201 Å². The van der Waals surface area contributed by atoms with Gasteiger partial charge in [0.25, 0.3) is 5.91 Å². The average Bonchev–Trinajstić information content (AvgIpc) is 2.80. The molecule has 6 heteroatoms. The molecule has 0 aromatic heterocycles. The van der Waals surface area contributed by atoms with Crippen LogP contribution in [0.25, 0.3) is 0 Å². The van der Waals surface area contributed by atoms with E-state index in [0.29, 0.717) is 30.4 Å². The number of rotatable bonds is 10. The zero-order valence-electron chi connectivity index (χ0n) is 19.0. The Morgan fingerprint density at radius 1 is 0.909 bits per heavy atom. The van der Waals surface area contributed by atoms with Crippen LogP contribution in [0.1, 0.15) is 36.2 Å². The first kappa shape index (κ1) is 24.3. The quantitative estimate of drug-likeness (QED) is 0.370. The van der Waals surface area contributed by atoms with Crippen LogP contribution in [0.15, 0.2) is 78.9 Å². The normalized spacial score (nSPS) is 10.5. The lowest BCUT2D eigenvalue weighted by Crippen LogP contribution is -2.34. The minimum absolute atomic E-state index is 0.207. The van der Waals surface area contributed by atoms with Gasteiger partial charge in [-0.05, 0) is 54.4 Å². The molecule has 3 rings (SSSR count). The van der Waals surface area contributed by atoms with E-state index in [0.717, 1.165) is 24.3 Å². The number of carbonyl (C=O) groups excluding carboxylic acids is 1. The average molecular weight is 463 g/mol. The summed E-state index contributed by atoms with van der Waals surface area (Å²) in [6, 6.07) is 24.7. The number of benzene rings is 3. The number of carbonyl (C=O) groups is 1. The predicted molar refractivity (Wildman–Crippen MR) is 137 cm³/mol. The fourth-order valence-corrected chi connectivity index (χ4v) is 3.32. The van der Waals surface area contributed by atoms with Gasteiger partial charge in [0.1, 0.15) is 11.5 Å². The van der Waals surface area contributed by atoms with Crippen molar-refractivity contribution in [1.82, 2.24) is 5.32 Å². The van der Waals surface area contributed by atoms with E-state index in [4.69, 9.17) is 21.7 Å². The third kappa shape index (κ3) is 8.24. The summed E-state index contributed by atoms with van der Waals surface area (Å²) in [6.07, 6.45) is 1.74. The molecule has 0 fully saturated rings. The van der Waals surface area contributed by atoms with Crippen LogP contribution >= 0.6 is 12.2 Å². The van der Waals surface area contributed by atoms with Crippen LogP contribution in [0.5, 0.6) is 11.5 Å². The molecule has 3 aromatic rings. The van der Waals surface area contributed by atoms with Gasteiger partial charge >= 0.3 is 0 Å². The maximum Gasteiger partial charge on any atom is 0.261 e. The van der Waals surface area contributed by atoms with Crippen LogP contribution in [0, 0.1) is 5.92 Å². The van der Waals surface area contributed by atoms with Crippen molar-refractivity contribution in [2.24, 2.45) is 5.92 Å². The van der Waals surface area contributed by atoms with Gasteiger partial charge < -0.3 is 14.8 Å². The number of nitrogens with one attached hydrogen (secondary N) is 2. The van der Waals surface area contributed by atoms with Gasteiger partial charge in [-0.3, -0.25) is 10.1 Å².